The first-order chi connectivity index (χ1) is 5.64. The van der Waals surface area contributed by atoms with Crippen LogP contribution in [0.15, 0.2) is 18.5 Å². The Kier molecular flexibility index (Phi) is 2.87. The normalized spacial score (nSPS) is 11.9. The van der Waals surface area contributed by atoms with Gasteiger partial charge in [0.25, 0.3) is 0 Å². The van der Waals surface area contributed by atoms with Crippen molar-refractivity contribution >= 4 is 0 Å². The van der Waals surface area contributed by atoms with Gasteiger partial charge in [0.1, 0.15) is 0 Å². The molecule has 0 fully saturated rings. The summed E-state index contributed by atoms with van der Waals surface area (Å²) in [6.07, 6.45) is 4.73. The molecule has 12 heavy (non-hydrogen) atoms. The van der Waals surface area contributed by atoms with Crippen LogP contribution in [0.4, 0.5) is 0 Å². The smallest absolute Gasteiger partial charge is 0.0640 e. The van der Waals surface area contributed by atoms with E-state index < -0.39 is 0 Å². The molecule has 1 heterocycles. The van der Waals surface area contributed by atoms with E-state index in [1.807, 2.05) is 16.9 Å². The number of aryl methyl sites for hydroxylation is 1. The number of rotatable bonds is 4. The van der Waals surface area contributed by atoms with E-state index in [1.54, 1.807) is 13.3 Å². The van der Waals surface area contributed by atoms with Gasteiger partial charge in [0.05, 0.1) is 5.60 Å². The summed E-state index contributed by atoms with van der Waals surface area (Å²) in [5.41, 5.74) is -0.0497. The molecule has 0 spiro atoms. The van der Waals surface area contributed by atoms with Crippen LogP contribution in [0.25, 0.3) is 0 Å². The predicted molar refractivity (Wildman–Crippen MR) is 47.9 cm³/mol. The highest BCUT2D eigenvalue weighted by molar-refractivity contribution is 4.78. The van der Waals surface area contributed by atoms with Gasteiger partial charge in [0.15, 0.2) is 0 Å². The van der Waals surface area contributed by atoms with Crippen molar-refractivity contribution in [3.05, 3.63) is 18.5 Å². The van der Waals surface area contributed by atoms with Crippen molar-refractivity contribution in [3.8, 4) is 0 Å². The van der Waals surface area contributed by atoms with Crippen LogP contribution in [0.3, 0.4) is 0 Å². The van der Waals surface area contributed by atoms with Gasteiger partial charge in [-0.15, -0.1) is 0 Å². The van der Waals surface area contributed by atoms with Crippen molar-refractivity contribution in [2.45, 2.75) is 32.4 Å². The minimum Gasteiger partial charge on any atom is -0.379 e. The van der Waals surface area contributed by atoms with E-state index in [0.717, 1.165) is 13.0 Å². The number of nitrogens with zero attached hydrogens (tertiary/aromatic N) is 2. The summed E-state index contributed by atoms with van der Waals surface area (Å²) in [6, 6.07) is 1.93. The molecule has 1 aromatic rings. The van der Waals surface area contributed by atoms with Gasteiger partial charge in [0, 0.05) is 26.0 Å². The second-order valence-electron chi connectivity index (χ2n) is 3.48. The summed E-state index contributed by atoms with van der Waals surface area (Å²) in [5.74, 6) is 0. The second kappa shape index (κ2) is 3.72. The maximum atomic E-state index is 5.29. The summed E-state index contributed by atoms with van der Waals surface area (Å²) < 4.78 is 7.21. The average molecular weight is 168 g/mol. The third kappa shape index (κ3) is 2.66. The highest BCUT2D eigenvalue weighted by Gasteiger charge is 2.15. The number of aromatic nitrogens is 2. The van der Waals surface area contributed by atoms with Crippen molar-refractivity contribution in [2.75, 3.05) is 7.11 Å². The van der Waals surface area contributed by atoms with Gasteiger partial charge in [-0.05, 0) is 26.3 Å². The third-order valence-electron chi connectivity index (χ3n) is 2.05. The highest BCUT2D eigenvalue weighted by Crippen LogP contribution is 2.13. The maximum Gasteiger partial charge on any atom is 0.0640 e. The summed E-state index contributed by atoms with van der Waals surface area (Å²) in [7, 11) is 1.74. The first-order valence-electron chi connectivity index (χ1n) is 4.17. The molecule has 0 bridgehead atoms. The lowest BCUT2D eigenvalue weighted by molar-refractivity contribution is 0.0113. The van der Waals surface area contributed by atoms with E-state index >= 15 is 0 Å². The fraction of sp³-hybridized carbons (Fsp3) is 0.667. The van der Waals surface area contributed by atoms with Crippen LogP contribution in [-0.4, -0.2) is 22.5 Å². The van der Waals surface area contributed by atoms with E-state index in [9.17, 15) is 0 Å². The molecular formula is C9H16N2O. The molecule has 0 radical (unpaired) electrons. The number of methoxy groups -OCH3 is 1. The van der Waals surface area contributed by atoms with Gasteiger partial charge in [-0.3, -0.25) is 4.68 Å². The number of ether oxygens (including phenoxy) is 1. The Bertz CT molecular complexity index is 216. The monoisotopic (exact) mass is 168 g/mol. The van der Waals surface area contributed by atoms with Gasteiger partial charge < -0.3 is 4.74 Å². The molecule has 0 amide bonds. The molecule has 0 unspecified atom stereocenters. The third-order valence-corrected chi connectivity index (χ3v) is 2.05. The summed E-state index contributed by atoms with van der Waals surface area (Å²) in [6.45, 7) is 5.07. The Hall–Kier alpha value is -0.830. The lowest BCUT2D eigenvalue weighted by Crippen LogP contribution is -2.24. The van der Waals surface area contributed by atoms with Crippen molar-refractivity contribution in [3.63, 3.8) is 0 Å². The van der Waals surface area contributed by atoms with Gasteiger partial charge in [0.2, 0.25) is 0 Å². The number of hydrogen-bond acceptors (Lipinski definition) is 2. The standard InChI is InChI=1S/C9H16N2O/c1-9(2,12-3)5-8-11-7-4-6-10-11/h4,6-7H,5,8H2,1-3H3. The van der Waals surface area contributed by atoms with Gasteiger partial charge in [-0.2, -0.15) is 5.10 Å². The van der Waals surface area contributed by atoms with Crippen LogP contribution in [0.1, 0.15) is 20.3 Å². The van der Waals surface area contributed by atoms with E-state index in [0.29, 0.717) is 0 Å². The zero-order chi connectivity index (χ0) is 9.03. The van der Waals surface area contributed by atoms with Gasteiger partial charge >= 0.3 is 0 Å². The van der Waals surface area contributed by atoms with E-state index in [1.165, 1.54) is 0 Å². The molecule has 0 aliphatic heterocycles. The van der Waals surface area contributed by atoms with E-state index in [4.69, 9.17) is 4.74 Å². The van der Waals surface area contributed by atoms with Crippen molar-refractivity contribution < 1.29 is 4.74 Å². The molecule has 1 rings (SSSR count). The molecule has 3 heteroatoms. The summed E-state index contributed by atoms with van der Waals surface area (Å²) in [4.78, 5) is 0. The first kappa shape index (κ1) is 9.26. The van der Waals surface area contributed by atoms with Crippen molar-refractivity contribution in [1.82, 2.24) is 9.78 Å². The minimum absolute atomic E-state index is 0.0497. The largest absolute Gasteiger partial charge is 0.379 e. The molecule has 0 aliphatic carbocycles. The van der Waals surface area contributed by atoms with E-state index in [2.05, 4.69) is 18.9 Å². The van der Waals surface area contributed by atoms with Crippen LogP contribution in [0.5, 0.6) is 0 Å². The Morgan fingerprint density at radius 2 is 2.25 bits per heavy atom. The Morgan fingerprint density at radius 3 is 2.75 bits per heavy atom. The zero-order valence-electron chi connectivity index (χ0n) is 7.95. The quantitative estimate of drug-likeness (QED) is 0.684. The SMILES string of the molecule is COC(C)(C)CCn1cccn1. The zero-order valence-corrected chi connectivity index (χ0v) is 7.95. The van der Waals surface area contributed by atoms with Crippen LogP contribution < -0.4 is 0 Å². The van der Waals surface area contributed by atoms with E-state index in [-0.39, 0.29) is 5.60 Å². The van der Waals surface area contributed by atoms with Crippen LogP contribution in [0, 0.1) is 0 Å². The molecular weight excluding hydrogens is 152 g/mol. The second-order valence-corrected chi connectivity index (χ2v) is 3.48. The van der Waals surface area contributed by atoms with Crippen LogP contribution in [0.2, 0.25) is 0 Å². The Balaban J connectivity index is 2.36. The molecule has 0 atom stereocenters. The highest BCUT2D eigenvalue weighted by atomic mass is 16.5. The van der Waals surface area contributed by atoms with Gasteiger partial charge in [-0.25, -0.2) is 0 Å². The van der Waals surface area contributed by atoms with Gasteiger partial charge in [-0.1, -0.05) is 0 Å². The molecule has 1 aromatic heterocycles. The Morgan fingerprint density at radius 1 is 1.50 bits per heavy atom. The molecule has 0 aliphatic rings. The Labute approximate surface area is 73.3 Å². The fourth-order valence-corrected chi connectivity index (χ4v) is 0.919. The molecule has 0 saturated carbocycles. The average Bonchev–Trinajstić information content (AvgIpc) is 2.53. The summed E-state index contributed by atoms with van der Waals surface area (Å²) >= 11 is 0. The predicted octanol–water partition coefficient (Wildman–Crippen LogP) is 1.70. The summed E-state index contributed by atoms with van der Waals surface area (Å²) in [5, 5.41) is 4.11. The molecule has 0 saturated heterocycles. The topological polar surface area (TPSA) is 27.1 Å². The van der Waals surface area contributed by atoms with Crippen molar-refractivity contribution in [1.29, 1.82) is 0 Å². The lowest BCUT2D eigenvalue weighted by Gasteiger charge is -2.22. The van der Waals surface area contributed by atoms with Crippen LogP contribution >= 0.6 is 0 Å². The number of hydrogen-bond donors (Lipinski definition) is 0. The molecule has 3 nitrogen and oxygen atoms in total. The molecule has 0 aromatic carbocycles. The lowest BCUT2D eigenvalue weighted by atomic mass is 10.1. The molecule has 0 N–H and O–H groups in total. The molecule has 68 valence electrons. The maximum absolute atomic E-state index is 5.29. The van der Waals surface area contributed by atoms with Crippen LogP contribution in [-0.2, 0) is 11.3 Å². The first-order valence-corrected chi connectivity index (χ1v) is 4.17. The minimum atomic E-state index is -0.0497. The fourth-order valence-electron chi connectivity index (χ4n) is 0.919. The van der Waals surface area contributed by atoms with Crippen molar-refractivity contribution in [2.24, 2.45) is 0 Å².